The zero-order chi connectivity index (χ0) is 32.1. The Morgan fingerprint density at radius 2 is 1.76 bits per heavy atom. The number of carbonyl (C=O) groups excluding carboxylic acids is 1. The van der Waals surface area contributed by atoms with Crippen LogP contribution in [-0.2, 0) is 39.4 Å². The molecule has 0 aliphatic rings. The second kappa shape index (κ2) is 13.4. The topological polar surface area (TPSA) is 134 Å². The molecule has 0 N–H and O–H groups in total. The van der Waals surface area contributed by atoms with Crippen molar-refractivity contribution in [1.29, 1.82) is 5.26 Å². The van der Waals surface area contributed by atoms with E-state index in [4.69, 9.17) is 9.47 Å². The molecule has 45 heavy (non-hydrogen) atoms. The molecule has 0 radical (unpaired) electrons. The van der Waals surface area contributed by atoms with E-state index in [0.717, 1.165) is 27.7 Å². The lowest BCUT2D eigenvalue weighted by Gasteiger charge is -2.27. The van der Waals surface area contributed by atoms with E-state index in [0.29, 0.717) is 15.4 Å². The Balaban J connectivity index is 1.69. The van der Waals surface area contributed by atoms with Gasteiger partial charge in [0.2, 0.25) is 0 Å². The number of ether oxygens (including phenoxy) is 2. The minimum atomic E-state index is -1.66. The molecule has 0 unspecified atom stereocenters. The number of aromatic nitrogens is 5. The molecule has 2 aromatic carbocycles. The van der Waals surface area contributed by atoms with Crippen LogP contribution in [0.4, 0.5) is 0 Å². The molecular formula is C33H34N6O5S. The van der Waals surface area contributed by atoms with E-state index < -0.39 is 28.9 Å². The molecule has 3 heterocycles. The molecule has 5 aromatic rings. The van der Waals surface area contributed by atoms with Gasteiger partial charge < -0.3 is 9.47 Å². The number of benzene rings is 2. The fourth-order valence-corrected chi connectivity index (χ4v) is 6.53. The summed E-state index contributed by atoms with van der Waals surface area (Å²) in [5.74, 6) is -0.726. The van der Waals surface area contributed by atoms with Crippen molar-refractivity contribution in [2.75, 3.05) is 6.61 Å². The maximum atomic E-state index is 14.5. The van der Waals surface area contributed by atoms with E-state index in [1.165, 1.54) is 46.9 Å². The van der Waals surface area contributed by atoms with E-state index in [9.17, 15) is 19.6 Å². The maximum Gasteiger partial charge on any atom is 0.333 e. The van der Waals surface area contributed by atoms with Gasteiger partial charge in [0, 0.05) is 5.56 Å². The zero-order valence-corrected chi connectivity index (χ0v) is 26.4. The first-order valence-electron chi connectivity index (χ1n) is 14.6. The van der Waals surface area contributed by atoms with E-state index in [-0.39, 0.29) is 31.6 Å². The number of nitrogens with zero attached hydrogens (tertiary/aromatic N) is 6. The number of nitriles is 1. The molecule has 0 saturated carbocycles. The van der Waals surface area contributed by atoms with Crippen molar-refractivity contribution in [3.8, 4) is 11.1 Å². The van der Waals surface area contributed by atoms with Gasteiger partial charge in [0.15, 0.2) is 0 Å². The molecule has 1 atom stereocenters. The summed E-state index contributed by atoms with van der Waals surface area (Å²) in [6, 6.07) is 19.1. The lowest BCUT2D eigenvalue weighted by atomic mass is 10.00. The Hall–Kier alpha value is -4.86. The highest BCUT2D eigenvalue weighted by atomic mass is 32.1. The maximum absolute atomic E-state index is 14.5. The van der Waals surface area contributed by atoms with E-state index in [2.05, 4.69) is 16.3 Å². The lowest BCUT2D eigenvalue weighted by molar-refractivity contribution is -0.154. The standard InChI is InChI=1S/C33H34N6O5S/c1-5-24-14-9-10-15-25(24)26(43-19-11-16-34)20-37-30-27(22(2)29(45-30)39-35-17-18-36-39)28(40)38(32(37)42)33(3,4)31(41)44-21-23-12-7-6-8-13-23/h6-10,12-15,17-18,26H,5,11,19-21H2,1-4H3/t26-/m0/s1. The van der Waals surface area contributed by atoms with Gasteiger partial charge in [-0.05, 0) is 43.9 Å². The zero-order valence-electron chi connectivity index (χ0n) is 25.6. The van der Waals surface area contributed by atoms with Gasteiger partial charge in [-0.25, -0.2) is 14.2 Å². The third-order valence-corrected chi connectivity index (χ3v) is 9.00. The predicted octanol–water partition coefficient (Wildman–Crippen LogP) is 4.83. The monoisotopic (exact) mass is 626 g/mol. The summed E-state index contributed by atoms with van der Waals surface area (Å²) in [7, 11) is 0. The van der Waals surface area contributed by atoms with Crippen LogP contribution in [0.2, 0.25) is 0 Å². The van der Waals surface area contributed by atoms with Crippen LogP contribution < -0.4 is 11.2 Å². The average Bonchev–Trinajstić information content (AvgIpc) is 3.69. The van der Waals surface area contributed by atoms with Gasteiger partial charge in [-0.3, -0.25) is 9.36 Å². The summed E-state index contributed by atoms with van der Waals surface area (Å²) in [5, 5.41) is 18.5. The number of hydrogen-bond donors (Lipinski definition) is 0. The van der Waals surface area contributed by atoms with Crippen molar-refractivity contribution < 1.29 is 14.3 Å². The van der Waals surface area contributed by atoms with Crippen LogP contribution in [0.25, 0.3) is 15.2 Å². The first kappa shape index (κ1) is 31.6. The second-order valence-corrected chi connectivity index (χ2v) is 12.0. The van der Waals surface area contributed by atoms with Crippen molar-refractivity contribution in [2.45, 2.75) is 65.3 Å². The van der Waals surface area contributed by atoms with E-state index in [1.54, 1.807) is 6.92 Å². The Bertz CT molecular complexity index is 1970. The highest BCUT2D eigenvalue weighted by Crippen LogP contribution is 2.33. The summed E-state index contributed by atoms with van der Waals surface area (Å²) < 4.78 is 14.3. The van der Waals surface area contributed by atoms with Crippen LogP contribution in [0.15, 0.2) is 76.6 Å². The Kier molecular flexibility index (Phi) is 9.41. The summed E-state index contributed by atoms with van der Waals surface area (Å²) in [6.45, 7) is 6.98. The predicted molar refractivity (Wildman–Crippen MR) is 170 cm³/mol. The minimum Gasteiger partial charge on any atom is -0.459 e. The number of aryl methyl sites for hydroxylation is 2. The van der Waals surface area contributed by atoms with Crippen LogP contribution in [0.3, 0.4) is 0 Å². The summed E-state index contributed by atoms with van der Waals surface area (Å²) in [4.78, 5) is 44.1. The first-order chi connectivity index (χ1) is 21.7. The van der Waals surface area contributed by atoms with Crippen molar-refractivity contribution in [3.63, 3.8) is 0 Å². The Morgan fingerprint density at radius 3 is 2.44 bits per heavy atom. The quantitative estimate of drug-likeness (QED) is 0.142. The molecular weight excluding hydrogens is 592 g/mol. The summed E-state index contributed by atoms with van der Waals surface area (Å²) in [6.07, 6.45) is 3.33. The molecule has 5 rings (SSSR count). The number of carbonyl (C=O) groups is 1. The van der Waals surface area contributed by atoms with Crippen molar-refractivity contribution >= 4 is 27.5 Å². The molecule has 232 valence electrons. The molecule has 0 fully saturated rings. The minimum absolute atomic E-state index is 0.0104. The fourth-order valence-electron chi connectivity index (χ4n) is 5.31. The van der Waals surface area contributed by atoms with Crippen LogP contribution in [0.1, 0.15) is 55.5 Å². The van der Waals surface area contributed by atoms with Gasteiger partial charge in [0.05, 0.1) is 43.4 Å². The highest BCUT2D eigenvalue weighted by molar-refractivity contribution is 7.21. The van der Waals surface area contributed by atoms with E-state index >= 15 is 0 Å². The molecule has 0 bridgehead atoms. The Morgan fingerprint density at radius 1 is 1.07 bits per heavy atom. The van der Waals surface area contributed by atoms with Gasteiger partial charge in [0.1, 0.15) is 28.1 Å². The SMILES string of the molecule is CCc1ccccc1[C@H](Cn1c(=O)n(C(C)(C)C(=O)OCc2ccccc2)c(=O)c2c(C)c(-n3nccn3)sc21)OCCC#N. The van der Waals surface area contributed by atoms with Crippen LogP contribution in [0.5, 0.6) is 0 Å². The van der Waals surface area contributed by atoms with Crippen LogP contribution >= 0.6 is 11.3 Å². The van der Waals surface area contributed by atoms with Gasteiger partial charge in [-0.1, -0.05) is 72.9 Å². The molecule has 0 aliphatic heterocycles. The highest BCUT2D eigenvalue weighted by Gasteiger charge is 2.37. The fraction of sp³-hybridized carbons (Fsp3) is 0.333. The van der Waals surface area contributed by atoms with Crippen LogP contribution in [0, 0.1) is 18.3 Å². The third-order valence-electron chi connectivity index (χ3n) is 7.72. The number of hydrogen-bond acceptors (Lipinski definition) is 9. The van der Waals surface area contributed by atoms with Crippen molar-refractivity contribution in [1.82, 2.24) is 24.1 Å². The molecule has 12 heteroatoms. The molecule has 0 amide bonds. The number of rotatable bonds is 12. The lowest BCUT2D eigenvalue weighted by Crippen LogP contribution is -2.53. The third kappa shape index (κ3) is 6.22. The normalized spacial score (nSPS) is 12.2. The van der Waals surface area contributed by atoms with E-state index in [1.807, 2.05) is 61.5 Å². The number of fused-ring (bicyclic) bond motifs is 1. The molecule has 11 nitrogen and oxygen atoms in total. The van der Waals surface area contributed by atoms with Gasteiger partial charge in [0.25, 0.3) is 5.56 Å². The molecule has 0 spiro atoms. The smallest absolute Gasteiger partial charge is 0.333 e. The molecule has 3 aromatic heterocycles. The summed E-state index contributed by atoms with van der Waals surface area (Å²) in [5.41, 5.74) is 0.303. The first-order valence-corrected chi connectivity index (χ1v) is 15.4. The van der Waals surface area contributed by atoms with Gasteiger partial charge in [-0.2, -0.15) is 15.5 Å². The molecule has 0 aliphatic carbocycles. The van der Waals surface area contributed by atoms with Gasteiger partial charge >= 0.3 is 11.7 Å². The van der Waals surface area contributed by atoms with Crippen LogP contribution in [-0.4, -0.2) is 36.7 Å². The van der Waals surface area contributed by atoms with Gasteiger partial charge in [-0.15, -0.1) is 4.80 Å². The second-order valence-electron chi connectivity index (χ2n) is 11.0. The largest absolute Gasteiger partial charge is 0.459 e. The number of esters is 1. The molecule has 0 saturated heterocycles. The Labute approximate surface area is 263 Å². The average molecular weight is 627 g/mol. The van der Waals surface area contributed by atoms with Crippen molar-refractivity contribution in [3.05, 3.63) is 110 Å². The summed E-state index contributed by atoms with van der Waals surface area (Å²) >= 11 is 1.21. The van der Waals surface area contributed by atoms with Crippen molar-refractivity contribution in [2.24, 2.45) is 0 Å². The number of thiophene rings is 1.